The Morgan fingerprint density at radius 3 is 2.78 bits per heavy atom. The van der Waals surface area contributed by atoms with Crippen LogP contribution >= 0.6 is 11.6 Å². The van der Waals surface area contributed by atoms with Gasteiger partial charge in [-0.3, -0.25) is 4.79 Å². The molecule has 0 aliphatic carbocycles. The minimum atomic E-state index is -0.390. The zero-order valence-electron chi connectivity index (χ0n) is 14.5. The lowest BCUT2D eigenvalue weighted by Gasteiger charge is -2.08. The number of carbonyl (C=O) groups is 1. The van der Waals surface area contributed by atoms with Crippen molar-refractivity contribution in [3.05, 3.63) is 88.5 Å². The molecule has 0 bridgehead atoms. The molecule has 5 nitrogen and oxygen atoms in total. The van der Waals surface area contributed by atoms with Gasteiger partial charge in [-0.15, -0.1) is 0 Å². The van der Waals surface area contributed by atoms with Crippen molar-refractivity contribution in [2.75, 3.05) is 11.9 Å². The van der Waals surface area contributed by atoms with E-state index >= 15 is 0 Å². The van der Waals surface area contributed by atoms with Gasteiger partial charge in [-0.1, -0.05) is 41.9 Å². The first kappa shape index (κ1) is 18.8. The average molecular weight is 385 g/mol. The van der Waals surface area contributed by atoms with E-state index in [9.17, 15) is 9.18 Å². The van der Waals surface area contributed by atoms with Crippen molar-refractivity contribution < 1.29 is 9.18 Å². The summed E-state index contributed by atoms with van der Waals surface area (Å²) in [5, 5.41) is 6.44. The smallest absolute Gasteiger partial charge is 0.270 e. The van der Waals surface area contributed by atoms with Crippen molar-refractivity contribution in [2.45, 2.75) is 13.0 Å². The lowest BCUT2D eigenvalue weighted by Crippen LogP contribution is -2.24. The van der Waals surface area contributed by atoms with Crippen molar-refractivity contribution in [2.24, 2.45) is 0 Å². The van der Waals surface area contributed by atoms with Crippen LogP contribution < -0.4 is 10.6 Å². The van der Waals surface area contributed by atoms with Gasteiger partial charge in [0.2, 0.25) is 5.95 Å². The maximum Gasteiger partial charge on any atom is 0.270 e. The predicted molar refractivity (Wildman–Crippen MR) is 103 cm³/mol. The number of nitrogens with zero attached hydrogens (tertiary/aromatic N) is 2. The van der Waals surface area contributed by atoms with E-state index in [-0.39, 0.29) is 18.1 Å². The highest BCUT2D eigenvalue weighted by Gasteiger charge is 2.10. The first-order valence-corrected chi connectivity index (χ1v) is 8.82. The van der Waals surface area contributed by atoms with Gasteiger partial charge in [-0.2, -0.15) is 0 Å². The van der Waals surface area contributed by atoms with Crippen LogP contribution in [0.4, 0.5) is 10.3 Å². The summed E-state index contributed by atoms with van der Waals surface area (Å²) >= 11 is 5.97. The second-order valence-electron chi connectivity index (χ2n) is 5.85. The van der Waals surface area contributed by atoms with Crippen molar-refractivity contribution in [1.29, 1.82) is 0 Å². The van der Waals surface area contributed by atoms with Gasteiger partial charge in [-0.05, 0) is 36.2 Å². The number of anilines is 1. The third kappa shape index (κ3) is 5.49. The Morgan fingerprint density at radius 1 is 1.11 bits per heavy atom. The second-order valence-corrected chi connectivity index (χ2v) is 6.28. The molecule has 0 unspecified atom stereocenters. The largest absolute Gasteiger partial charge is 0.354 e. The monoisotopic (exact) mass is 384 g/mol. The zero-order chi connectivity index (χ0) is 19.1. The highest BCUT2D eigenvalue weighted by atomic mass is 35.5. The highest BCUT2D eigenvalue weighted by Crippen LogP contribution is 2.11. The standard InChI is InChI=1S/C20H18ClFN4O/c21-16-6-3-4-14(12-16)8-10-23-20-24-11-9-18(26-20)19(27)25-13-15-5-1-2-7-17(15)22/h1-7,9,11-12H,8,10,13H2,(H,25,27)(H,23,24,26). The summed E-state index contributed by atoms with van der Waals surface area (Å²) in [6.45, 7) is 0.688. The van der Waals surface area contributed by atoms with Crippen LogP contribution in [-0.2, 0) is 13.0 Å². The summed E-state index contributed by atoms with van der Waals surface area (Å²) < 4.78 is 13.6. The van der Waals surface area contributed by atoms with Crippen LogP contribution in [0.5, 0.6) is 0 Å². The molecule has 0 spiro atoms. The third-order valence-corrected chi connectivity index (χ3v) is 4.11. The Morgan fingerprint density at radius 2 is 1.96 bits per heavy atom. The fraction of sp³-hybridized carbons (Fsp3) is 0.150. The van der Waals surface area contributed by atoms with E-state index in [4.69, 9.17) is 11.6 Å². The number of halogens is 2. The number of amides is 1. The van der Waals surface area contributed by atoms with Crippen LogP contribution in [0.3, 0.4) is 0 Å². The van der Waals surface area contributed by atoms with Crippen LogP contribution in [0.25, 0.3) is 0 Å². The molecule has 2 aromatic carbocycles. The van der Waals surface area contributed by atoms with E-state index in [0.717, 1.165) is 12.0 Å². The lowest BCUT2D eigenvalue weighted by atomic mass is 10.1. The summed E-state index contributed by atoms with van der Waals surface area (Å²) in [6, 6.07) is 15.4. The normalized spacial score (nSPS) is 10.4. The summed E-state index contributed by atoms with van der Waals surface area (Å²) in [7, 11) is 0. The molecule has 0 saturated heterocycles. The molecule has 0 atom stereocenters. The fourth-order valence-electron chi connectivity index (χ4n) is 2.49. The maximum atomic E-state index is 13.6. The number of rotatable bonds is 7. The van der Waals surface area contributed by atoms with Crippen molar-refractivity contribution in [3.63, 3.8) is 0 Å². The molecule has 0 fully saturated rings. The van der Waals surface area contributed by atoms with Gasteiger partial charge >= 0.3 is 0 Å². The molecule has 3 aromatic rings. The molecule has 2 N–H and O–H groups in total. The predicted octanol–water partition coefficient (Wildman–Crippen LogP) is 3.85. The van der Waals surface area contributed by atoms with Crippen LogP contribution in [0, 0.1) is 5.82 Å². The summed E-state index contributed by atoms with van der Waals surface area (Å²) in [6.07, 6.45) is 2.25. The van der Waals surface area contributed by atoms with Gasteiger partial charge in [0.05, 0.1) is 0 Å². The molecule has 1 heterocycles. The SMILES string of the molecule is O=C(NCc1ccccc1F)c1ccnc(NCCc2cccc(Cl)c2)n1. The van der Waals surface area contributed by atoms with Crippen molar-refractivity contribution >= 4 is 23.5 Å². The third-order valence-electron chi connectivity index (χ3n) is 3.87. The molecule has 27 heavy (non-hydrogen) atoms. The van der Waals surface area contributed by atoms with E-state index in [1.807, 2.05) is 24.3 Å². The quantitative estimate of drug-likeness (QED) is 0.649. The summed E-state index contributed by atoms with van der Waals surface area (Å²) in [4.78, 5) is 20.6. The Hall–Kier alpha value is -2.99. The fourth-order valence-corrected chi connectivity index (χ4v) is 2.70. The molecule has 0 aliphatic rings. The summed E-state index contributed by atoms with van der Waals surface area (Å²) in [5.41, 5.74) is 1.72. The van der Waals surface area contributed by atoms with Gasteiger partial charge in [0.25, 0.3) is 5.91 Å². The number of carbonyl (C=O) groups excluding carboxylic acids is 1. The van der Waals surface area contributed by atoms with Gasteiger partial charge in [-0.25, -0.2) is 14.4 Å². The Kier molecular flexibility index (Phi) is 6.33. The summed E-state index contributed by atoms with van der Waals surface area (Å²) in [5.74, 6) is -0.391. The highest BCUT2D eigenvalue weighted by molar-refractivity contribution is 6.30. The number of hydrogen-bond acceptors (Lipinski definition) is 4. The van der Waals surface area contributed by atoms with Gasteiger partial charge in [0.15, 0.2) is 0 Å². The van der Waals surface area contributed by atoms with Gasteiger partial charge < -0.3 is 10.6 Å². The molecular weight excluding hydrogens is 367 g/mol. The molecule has 0 aliphatic heterocycles. The second kappa shape index (κ2) is 9.09. The Balaban J connectivity index is 1.54. The van der Waals surface area contributed by atoms with Gasteiger partial charge in [0.1, 0.15) is 11.5 Å². The topological polar surface area (TPSA) is 66.9 Å². The van der Waals surface area contributed by atoms with E-state index < -0.39 is 5.91 Å². The number of aromatic nitrogens is 2. The van der Waals surface area contributed by atoms with E-state index in [1.54, 1.807) is 18.2 Å². The number of nitrogens with one attached hydrogen (secondary N) is 2. The first-order chi connectivity index (χ1) is 13.1. The molecular formula is C20H18ClFN4O. The minimum absolute atomic E-state index is 0.0903. The van der Waals surface area contributed by atoms with Crippen molar-refractivity contribution in [3.8, 4) is 0 Å². The maximum absolute atomic E-state index is 13.6. The zero-order valence-corrected chi connectivity index (χ0v) is 15.2. The van der Waals surface area contributed by atoms with E-state index in [2.05, 4.69) is 20.6 Å². The van der Waals surface area contributed by atoms with E-state index in [0.29, 0.717) is 23.1 Å². The number of benzene rings is 2. The van der Waals surface area contributed by atoms with Crippen LogP contribution in [0.15, 0.2) is 60.8 Å². The lowest BCUT2D eigenvalue weighted by molar-refractivity contribution is 0.0945. The molecule has 3 rings (SSSR count). The Labute approximate surface area is 161 Å². The molecule has 1 aromatic heterocycles. The van der Waals surface area contributed by atoms with Crippen LogP contribution in [0.2, 0.25) is 5.02 Å². The molecule has 7 heteroatoms. The molecule has 138 valence electrons. The van der Waals surface area contributed by atoms with E-state index in [1.165, 1.54) is 18.3 Å². The molecule has 0 radical (unpaired) electrons. The molecule has 1 amide bonds. The van der Waals surface area contributed by atoms with Crippen LogP contribution in [-0.4, -0.2) is 22.4 Å². The number of hydrogen-bond donors (Lipinski definition) is 2. The molecule has 0 saturated carbocycles. The minimum Gasteiger partial charge on any atom is -0.354 e. The average Bonchev–Trinajstić information content (AvgIpc) is 2.67. The first-order valence-electron chi connectivity index (χ1n) is 8.45. The van der Waals surface area contributed by atoms with Crippen LogP contribution in [0.1, 0.15) is 21.6 Å². The Bertz CT molecular complexity index is 935. The van der Waals surface area contributed by atoms with Crippen molar-refractivity contribution in [1.82, 2.24) is 15.3 Å². The van der Waals surface area contributed by atoms with Gasteiger partial charge in [0, 0.05) is 29.9 Å².